The molecule has 0 bridgehead atoms. The largest absolute Gasteiger partial charge is 0.497 e. The van der Waals surface area contributed by atoms with Crippen molar-refractivity contribution in [2.75, 3.05) is 25.1 Å². The summed E-state index contributed by atoms with van der Waals surface area (Å²) >= 11 is 3.32. The van der Waals surface area contributed by atoms with Crippen molar-refractivity contribution in [2.24, 2.45) is 0 Å². The highest BCUT2D eigenvalue weighted by Gasteiger charge is 2.18. The van der Waals surface area contributed by atoms with Crippen LogP contribution in [0.25, 0.3) is 9.53 Å². The minimum Gasteiger partial charge on any atom is -0.497 e. The number of ether oxygens (including phenoxy) is 1. The maximum atomic E-state index is 12.5. The Kier molecular flexibility index (Phi) is 5.22. The Morgan fingerprint density at radius 2 is 1.92 bits per heavy atom. The minimum atomic E-state index is 0.204. The Labute approximate surface area is 161 Å². The molecule has 0 N–H and O–H groups in total. The van der Waals surface area contributed by atoms with E-state index in [4.69, 9.17) is 9.72 Å². The van der Waals surface area contributed by atoms with Gasteiger partial charge in [0.25, 0.3) is 0 Å². The molecule has 3 heterocycles. The zero-order valence-electron chi connectivity index (χ0n) is 14.9. The third-order valence-corrected chi connectivity index (χ3v) is 7.17. The lowest BCUT2D eigenvalue weighted by Gasteiger charge is -2.25. The number of benzene rings is 1. The summed E-state index contributed by atoms with van der Waals surface area (Å²) in [5.74, 6) is 1.05. The average Bonchev–Trinajstić information content (AvgIpc) is 3.26. The highest BCUT2D eigenvalue weighted by atomic mass is 32.2. The molecule has 2 aromatic heterocycles. The van der Waals surface area contributed by atoms with Gasteiger partial charge in [-0.3, -0.25) is 4.79 Å². The molecule has 6 heteroatoms. The Bertz CT molecular complexity index is 861. The second kappa shape index (κ2) is 7.76. The molecule has 0 amide bonds. The monoisotopic (exact) mass is 386 g/mol. The number of carbonyl (C=O) groups excluding carboxylic acids is 1. The van der Waals surface area contributed by atoms with Gasteiger partial charge in [0.15, 0.2) is 10.9 Å². The Morgan fingerprint density at radius 3 is 2.62 bits per heavy atom. The molecule has 0 aliphatic carbocycles. The van der Waals surface area contributed by atoms with Crippen LogP contribution in [0.5, 0.6) is 5.75 Å². The molecule has 26 heavy (non-hydrogen) atoms. The molecule has 0 spiro atoms. The molecule has 0 unspecified atom stereocenters. The molecule has 1 aliphatic heterocycles. The molecule has 3 aromatic rings. The normalized spacial score (nSPS) is 14.7. The molecule has 0 radical (unpaired) electrons. The number of aromatic nitrogens is 1. The van der Waals surface area contributed by atoms with Crippen molar-refractivity contribution < 1.29 is 9.53 Å². The highest BCUT2D eigenvalue weighted by molar-refractivity contribution is 7.40. The predicted molar refractivity (Wildman–Crippen MR) is 109 cm³/mol. The number of hydrogen-bond acceptors (Lipinski definition) is 6. The Morgan fingerprint density at radius 1 is 1.15 bits per heavy atom. The quantitative estimate of drug-likeness (QED) is 0.548. The number of hydrogen-bond donors (Lipinski definition) is 0. The molecule has 136 valence electrons. The van der Waals surface area contributed by atoms with E-state index in [1.165, 1.54) is 23.3 Å². The van der Waals surface area contributed by atoms with Gasteiger partial charge in [0, 0.05) is 19.5 Å². The zero-order valence-corrected chi connectivity index (χ0v) is 16.5. The van der Waals surface area contributed by atoms with Crippen LogP contribution in [0.3, 0.4) is 0 Å². The number of anilines is 1. The fourth-order valence-corrected chi connectivity index (χ4v) is 5.54. The van der Waals surface area contributed by atoms with Gasteiger partial charge in [-0.2, -0.15) is 0 Å². The first kappa shape index (κ1) is 17.5. The predicted octanol–water partition coefficient (Wildman–Crippen LogP) is 5.17. The van der Waals surface area contributed by atoms with Crippen molar-refractivity contribution in [3.05, 3.63) is 40.8 Å². The minimum absolute atomic E-state index is 0.204. The van der Waals surface area contributed by atoms with Gasteiger partial charge < -0.3 is 9.64 Å². The lowest BCUT2D eigenvalue weighted by molar-refractivity contribution is 0.0987. The Balaban J connectivity index is 1.40. The third-order valence-electron chi connectivity index (χ3n) is 4.78. The summed E-state index contributed by atoms with van der Waals surface area (Å²) in [4.78, 5) is 20.5. The van der Waals surface area contributed by atoms with Crippen LogP contribution in [-0.4, -0.2) is 31.0 Å². The van der Waals surface area contributed by atoms with Crippen molar-refractivity contribution in [1.29, 1.82) is 0 Å². The van der Waals surface area contributed by atoms with Gasteiger partial charge >= 0.3 is 0 Å². The molecule has 0 atom stereocenters. The second-order valence-corrected chi connectivity index (χ2v) is 8.89. The van der Waals surface area contributed by atoms with Crippen LogP contribution in [0, 0.1) is 0 Å². The first-order chi connectivity index (χ1) is 12.7. The molecule has 4 rings (SSSR count). The maximum Gasteiger partial charge on any atom is 0.187 e. The van der Waals surface area contributed by atoms with E-state index in [1.54, 1.807) is 29.8 Å². The van der Waals surface area contributed by atoms with Crippen LogP contribution in [0.1, 0.15) is 40.9 Å². The lowest BCUT2D eigenvalue weighted by Crippen LogP contribution is -2.29. The van der Waals surface area contributed by atoms with Crippen molar-refractivity contribution in [3.63, 3.8) is 0 Å². The summed E-state index contributed by atoms with van der Waals surface area (Å²) in [6.07, 6.45) is 5.10. The molecule has 1 aromatic carbocycles. The lowest BCUT2D eigenvalue weighted by atomic mass is 10.1. The summed E-state index contributed by atoms with van der Waals surface area (Å²) in [5, 5.41) is 1.11. The van der Waals surface area contributed by atoms with Crippen molar-refractivity contribution >= 4 is 43.1 Å². The smallest absolute Gasteiger partial charge is 0.187 e. The molecular formula is C20H22N2O2S2. The summed E-state index contributed by atoms with van der Waals surface area (Å²) in [5.41, 5.74) is 2.14. The molecule has 1 saturated heterocycles. The molecule has 4 nitrogen and oxygen atoms in total. The molecule has 0 saturated carbocycles. The molecule has 1 aliphatic rings. The van der Waals surface area contributed by atoms with Crippen LogP contribution >= 0.6 is 22.7 Å². The molecular weight excluding hydrogens is 364 g/mol. The summed E-state index contributed by atoms with van der Waals surface area (Å²) in [7, 11) is 1.66. The number of fused-ring (bicyclic) bond motifs is 1. The zero-order chi connectivity index (χ0) is 17.9. The number of Topliss-reactive ketones (excluding diaryl/α,β-unsaturated/α-hetero) is 1. The van der Waals surface area contributed by atoms with E-state index in [9.17, 15) is 4.79 Å². The average molecular weight is 387 g/mol. The van der Waals surface area contributed by atoms with E-state index in [2.05, 4.69) is 4.90 Å². The van der Waals surface area contributed by atoms with E-state index < -0.39 is 0 Å². The van der Waals surface area contributed by atoms with Crippen molar-refractivity contribution in [2.45, 2.75) is 32.1 Å². The third kappa shape index (κ3) is 3.76. The number of ketones is 1. The summed E-state index contributed by atoms with van der Waals surface area (Å²) in [6.45, 7) is 2.21. The molecule has 1 fully saturated rings. The first-order valence-electron chi connectivity index (χ1n) is 9.04. The first-order valence-corrected chi connectivity index (χ1v) is 10.7. The van der Waals surface area contributed by atoms with Gasteiger partial charge in [-0.1, -0.05) is 23.5 Å². The SMILES string of the molecule is COc1ccc(CCC(=O)c2cc3nc(N4CCCCC4)sc3s2)cc1. The van der Waals surface area contributed by atoms with Crippen LogP contribution in [0.15, 0.2) is 30.3 Å². The number of aryl methyl sites for hydroxylation is 1. The number of thiazole rings is 1. The summed E-state index contributed by atoms with van der Waals surface area (Å²) < 4.78 is 6.33. The van der Waals surface area contributed by atoms with Crippen molar-refractivity contribution in [3.8, 4) is 5.75 Å². The number of methoxy groups -OCH3 is 1. The van der Waals surface area contributed by atoms with Gasteiger partial charge in [0.05, 0.1) is 17.5 Å². The van der Waals surface area contributed by atoms with Gasteiger partial charge in [-0.05, 0) is 49.4 Å². The maximum absolute atomic E-state index is 12.5. The Hall–Kier alpha value is -1.92. The summed E-state index contributed by atoms with van der Waals surface area (Å²) in [6, 6.07) is 9.89. The van der Waals surface area contributed by atoms with E-state index in [0.717, 1.165) is 46.3 Å². The fourth-order valence-electron chi connectivity index (χ4n) is 3.26. The van der Waals surface area contributed by atoms with E-state index in [1.807, 2.05) is 30.3 Å². The highest BCUT2D eigenvalue weighted by Crippen LogP contribution is 2.36. The van der Waals surface area contributed by atoms with Crippen LogP contribution < -0.4 is 9.64 Å². The standard InChI is InChI=1S/C20H22N2O2S2/c1-24-15-8-5-14(6-9-15)7-10-17(23)18-13-16-19(25-18)26-20(21-16)22-11-3-2-4-12-22/h5-6,8-9,13H,2-4,7,10-12H2,1H3. The fraction of sp³-hybridized carbons (Fsp3) is 0.400. The number of rotatable bonds is 6. The van der Waals surface area contributed by atoms with Gasteiger partial charge in [0.2, 0.25) is 0 Å². The van der Waals surface area contributed by atoms with Gasteiger partial charge in [0.1, 0.15) is 9.76 Å². The number of carbonyl (C=O) groups is 1. The number of nitrogens with zero attached hydrogens (tertiary/aromatic N) is 2. The topological polar surface area (TPSA) is 42.4 Å². The van der Waals surface area contributed by atoms with Crippen LogP contribution in [-0.2, 0) is 6.42 Å². The second-order valence-electron chi connectivity index (χ2n) is 6.60. The number of thiophene rings is 1. The van der Waals surface area contributed by atoms with E-state index in [0.29, 0.717) is 6.42 Å². The van der Waals surface area contributed by atoms with E-state index in [-0.39, 0.29) is 5.78 Å². The van der Waals surface area contributed by atoms with E-state index >= 15 is 0 Å². The van der Waals surface area contributed by atoms with Crippen molar-refractivity contribution in [1.82, 2.24) is 4.98 Å². The number of piperidine rings is 1. The van der Waals surface area contributed by atoms with Gasteiger partial charge in [-0.15, -0.1) is 11.3 Å². The van der Waals surface area contributed by atoms with Crippen LogP contribution in [0.2, 0.25) is 0 Å². The van der Waals surface area contributed by atoms with Gasteiger partial charge in [-0.25, -0.2) is 4.98 Å². The van der Waals surface area contributed by atoms with Crippen LogP contribution in [0.4, 0.5) is 5.13 Å².